The predicted molar refractivity (Wildman–Crippen MR) is 151 cm³/mol. The van der Waals surface area contributed by atoms with E-state index in [0.717, 1.165) is 5.39 Å². The zero-order valence-corrected chi connectivity index (χ0v) is 22.3. The molecule has 0 amide bonds. The molecular formula is C29H27N4O6S+. The second-order valence-corrected chi connectivity index (χ2v) is 9.32. The van der Waals surface area contributed by atoms with Crippen LogP contribution in [0.15, 0.2) is 78.0 Å². The first kappa shape index (κ1) is 28.4. The van der Waals surface area contributed by atoms with Crippen molar-refractivity contribution < 1.29 is 28.3 Å². The Morgan fingerprint density at radius 2 is 1.75 bits per heavy atom. The molecule has 204 valence electrons. The van der Waals surface area contributed by atoms with E-state index in [1.54, 1.807) is 36.5 Å². The van der Waals surface area contributed by atoms with Crippen molar-refractivity contribution in [2.45, 2.75) is 4.90 Å². The van der Waals surface area contributed by atoms with Crippen molar-refractivity contribution in [3.05, 3.63) is 94.1 Å². The monoisotopic (exact) mass is 559 g/mol. The van der Waals surface area contributed by atoms with Gasteiger partial charge in [0.05, 0.1) is 38.0 Å². The number of para-hydroxylation sites is 1. The van der Waals surface area contributed by atoms with Gasteiger partial charge in [-0.2, -0.15) is 0 Å². The molecule has 0 saturated carbocycles. The molecule has 0 radical (unpaired) electrons. The van der Waals surface area contributed by atoms with E-state index < -0.39 is 16.4 Å². The van der Waals surface area contributed by atoms with Gasteiger partial charge in [0.1, 0.15) is 23.6 Å². The number of carbonyl (C=O) groups is 1. The fourth-order valence-electron chi connectivity index (χ4n) is 3.50. The average Bonchev–Trinajstić information content (AvgIpc) is 2.98. The number of carboxylic acid groups (broad SMARTS) is 1. The number of pyridine rings is 2. The van der Waals surface area contributed by atoms with Gasteiger partial charge < -0.3 is 25.1 Å². The molecule has 0 aliphatic rings. The highest BCUT2D eigenvalue weighted by Gasteiger charge is 2.16. The molecule has 0 bridgehead atoms. The van der Waals surface area contributed by atoms with Gasteiger partial charge in [-0.25, -0.2) is 9.78 Å². The average molecular weight is 560 g/mol. The summed E-state index contributed by atoms with van der Waals surface area (Å²) < 4.78 is 34.4. The highest BCUT2D eigenvalue weighted by atomic mass is 32.2. The first-order valence-corrected chi connectivity index (χ1v) is 13.5. The highest BCUT2D eigenvalue weighted by Crippen LogP contribution is 2.27. The SMILES string of the molecule is NCCOCCOCCOc1ccc(C#Cc2ccc(C(=O)O)nc2)c([N+]#S(=O)c2cccc3cccnc23)c1. The molecular weight excluding hydrogens is 532 g/mol. The number of aromatic carboxylic acids is 1. The first-order valence-electron chi connectivity index (χ1n) is 12.4. The third-order valence-corrected chi connectivity index (χ3v) is 6.46. The number of nitrogens with zero attached hydrogens (tertiary/aromatic N) is 3. The number of hydrogen-bond acceptors (Lipinski definition) is 8. The number of aromatic nitrogens is 2. The van der Waals surface area contributed by atoms with Crippen molar-refractivity contribution in [2.75, 3.05) is 39.6 Å². The first-order chi connectivity index (χ1) is 19.5. The summed E-state index contributed by atoms with van der Waals surface area (Å²) in [6.07, 6.45) is 3.02. The summed E-state index contributed by atoms with van der Waals surface area (Å²) in [5, 5.41) is 9.90. The van der Waals surface area contributed by atoms with Crippen molar-refractivity contribution in [2.24, 2.45) is 5.73 Å². The summed E-state index contributed by atoms with van der Waals surface area (Å²) in [6, 6.07) is 17.2. The molecule has 10 nitrogen and oxygen atoms in total. The van der Waals surface area contributed by atoms with Gasteiger partial charge in [-0.15, -0.1) is 4.21 Å². The molecule has 0 atom stereocenters. The predicted octanol–water partition coefficient (Wildman–Crippen LogP) is 3.83. The zero-order chi connectivity index (χ0) is 28.2. The maximum Gasteiger partial charge on any atom is 0.368 e. The summed E-state index contributed by atoms with van der Waals surface area (Å²) in [5.41, 5.74) is 7.29. The summed E-state index contributed by atoms with van der Waals surface area (Å²) in [6.45, 7) is 2.48. The molecule has 2 aromatic carbocycles. The van der Waals surface area contributed by atoms with Crippen molar-refractivity contribution in [3.8, 4) is 17.6 Å². The Balaban J connectivity index is 1.60. The molecule has 4 rings (SSSR count). The summed E-state index contributed by atoms with van der Waals surface area (Å²) in [4.78, 5) is 19.8. The van der Waals surface area contributed by atoms with Crippen LogP contribution in [0.3, 0.4) is 0 Å². The van der Waals surface area contributed by atoms with Crippen molar-refractivity contribution in [1.82, 2.24) is 9.97 Å². The minimum Gasteiger partial charge on any atom is -0.491 e. The van der Waals surface area contributed by atoms with Gasteiger partial charge in [-0.1, -0.05) is 30.0 Å². The van der Waals surface area contributed by atoms with Crippen LogP contribution in [0.25, 0.3) is 15.1 Å². The number of hydrogen-bond donors (Lipinski definition) is 2. The molecule has 0 aliphatic heterocycles. The van der Waals surface area contributed by atoms with Crippen LogP contribution in [0.1, 0.15) is 21.6 Å². The highest BCUT2D eigenvalue weighted by molar-refractivity contribution is 7.73. The quantitative estimate of drug-likeness (QED) is 0.219. The van der Waals surface area contributed by atoms with Crippen LogP contribution in [0.4, 0.5) is 5.69 Å². The fourth-order valence-corrected chi connectivity index (χ4v) is 4.45. The summed E-state index contributed by atoms with van der Waals surface area (Å²) >= 11 is 0. The molecule has 0 fully saturated rings. The Morgan fingerprint density at radius 1 is 0.950 bits per heavy atom. The Kier molecular flexibility index (Phi) is 10.4. The maximum atomic E-state index is 13.4. The van der Waals surface area contributed by atoms with E-state index in [-0.39, 0.29) is 5.69 Å². The maximum absolute atomic E-state index is 13.4. The van der Waals surface area contributed by atoms with Crippen LogP contribution < -0.4 is 10.5 Å². The van der Waals surface area contributed by atoms with Crippen LogP contribution in [-0.2, 0) is 19.9 Å². The molecule has 2 heterocycles. The van der Waals surface area contributed by atoms with Gasteiger partial charge >= 0.3 is 22.1 Å². The molecule has 0 aliphatic carbocycles. The molecule has 0 spiro atoms. The van der Waals surface area contributed by atoms with E-state index >= 15 is 0 Å². The Morgan fingerprint density at radius 3 is 2.52 bits per heavy atom. The normalized spacial score (nSPS) is 10.4. The number of ether oxygens (including phenoxy) is 3. The number of rotatable bonds is 10. The number of carboxylic acids is 1. The zero-order valence-electron chi connectivity index (χ0n) is 21.5. The van der Waals surface area contributed by atoms with E-state index in [9.17, 15) is 9.00 Å². The molecule has 4 aromatic rings. The lowest BCUT2D eigenvalue weighted by Gasteiger charge is -2.07. The second-order valence-electron chi connectivity index (χ2n) is 8.20. The number of benzene rings is 2. The van der Waals surface area contributed by atoms with Crippen LogP contribution in [0, 0.1) is 11.8 Å². The largest absolute Gasteiger partial charge is 0.491 e. The molecule has 0 unspecified atom stereocenters. The van der Waals surface area contributed by atoms with Crippen LogP contribution in [0.5, 0.6) is 5.75 Å². The minimum atomic E-state index is -1.78. The lowest BCUT2D eigenvalue weighted by molar-refractivity contribution is 0.0388. The summed E-state index contributed by atoms with van der Waals surface area (Å²) in [5.74, 6) is 5.36. The van der Waals surface area contributed by atoms with Gasteiger partial charge in [-0.05, 0) is 36.4 Å². The topological polar surface area (TPSA) is 138 Å². The smallest absolute Gasteiger partial charge is 0.368 e. The van der Waals surface area contributed by atoms with E-state index in [0.29, 0.717) is 72.6 Å². The van der Waals surface area contributed by atoms with Crippen LogP contribution >= 0.6 is 0 Å². The van der Waals surface area contributed by atoms with Crippen LogP contribution in [-0.4, -0.2) is 64.8 Å². The molecule has 11 heteroatoms. The lowest BCUT2D eigenvalue weighted by Crippen LogP contribution is -2.14. The minimum absolute atomic E-state index is 0.0751. The van der Waals surface area contributed by atoms with E-state index in [1.807, 2.05) is 24.3 Å². The van der Waals surface area contributed by atoms with E-state index in [4.69, 9.17) is 25.1 Å². The fraction of sp³-hybridized carbons (Fsp3) is 0.207. The van der Waals surface area contributed by atoms with Crippen molar-refractivity contribution >= 4 is 33.0 Å². The second kappa shape index (κ2) is 14.6. The lowest BCUT2D eigenvalue weighted by atomic mass is 10.1. The van der Waals surface area contributed by atoms with Gasteiger partial charge in [0.25, 0.3) is 0 Å². The number of nitrogens with two attached hydrogens (primary N) is 1. The van der Waals surface area contributed by atoms with Gasteiger partial charge in [0, 0.05) is 34.1 Å². The third kappa shape index (κ3) is 7.97. The van der Waals surface area contributed by atoms with Crippen LogP contribution in [0.2, 0.25) is 0 Å². The van der Waals surface area contributed by atoms with Gasteiger partial charge in [0.15, 0.2) is 4.90 Å². The molecule has 3 N–H and O–H groups in total. The van der Waals surface area contributed by atoms with Crippen molar-refractivity contribution in [3.63, 3.8) is 0 Å². The summed E-state index contributed by atoms with van der Waals surface area (Å²) in [7, 11) is -1.78. The van der Waals surface area contributed by atoms with Gasteiger partial charge in [-0.3, -0.25) is 4.98 Å². The van der Waals surface area contributed by atoms with E-state index in [1.165, 1.54) is 12.3 Å². The van der Waals surface area contributed by atoms with Gasteiger partial charge in [0.2, 0.25) is 0 Å². The standard InChI is InChI=1S/C29H26N4O6S/c30-12-14-37-15-16-38-17-18-39-24-10-9-22(8-6-21-7-11-25(29(34)35)32-20-21)26(19-24)33-40(36)27-5-1-3-23-4-2-13-31-28(23)27/h1-5,7,9-11,13,19-20H,12,14-18,30H2/p+1. The molecule has 2 aromatic heterocycles. The Bertz CT molecular complexity index is 1690. The Labute approximate surface area is 233 Å². The number of fused-ring (bicyclic) bond motifs is 1. The third-order valence-electron chi connectivity index (χ3n) is 5.39. The molecule has 0 saturated heterocycles. The molecule has 40 heavy (non-hydrogen) atoms. The van der Waals surface area contributed by atoms with E-state index in [2.05, 4.69) is 26.0 Å². The Hall–Kier alpha value is -4.56. The van der Waals surface area contributed by atoms with Crippen molar-refractivity contribution in [1.29, 1.82) is 0 Å².